The SMILES string of the molecule is CC[C@@H](C(=O)NC)N(Cc1cccc(C)c1)C(=O)COc1cc(OC)cc(OC)c1. The number of nitrogens with one attached hydrogen (secondary N) is 1. The van der Waals surface area contributed by atoms with Crippen molar-refractivity contribution in [2.24, 2.45) is 0 Å². The van der Waals surface area contributed by atoms with Crippen molar-refractivity contribution in [2.45, 2.75) is 32.9 Å². The zero-order chi connectivity index (χ0) is 22.1. The van der Waals surface area contributed by atoms with Gasteiger partial charge in [0, 0.05) is 31.8 Å². The van der Waals surface area contributed by atoms with Gasteiger partial charge in [0.25, 0.3) is 5.91 Å². The maximum absolute atomic E-state index is 13.1. The zero-order valence-electron chi connectivity index (χ0n) is 18.2. The minimum atomic E-state index is -0.591. The van der Waals surface area contributed by atoms with Crippen LogP contribution in [0.1, 0.15) is 24.5 Å². The summed E-state index contributed by atoms with van der Waals surface area (Å²) in [6.07, 6.45) is 0.490. The molecule has 0 radical (unpaired) electrons. The predicted octanol–water partition coefficient (Wildman–Crippen LogP) is 2.94. The maximum atomic E-state index is 13.1. The highest BCUT2D eigenvalue weighted by atomic mass is 16.5. The lowest BCUT2D eigenvalue weighted by Crippen LogP contribution is -2.49. The summed E-state index contributed by atoms with van der Waals surface area (Å²) < 4.78 is 16.2. The molecule has 0 bridgehead atoms. The van der Waals surface area contributed by atoms with Crippen LogP contribution in [0.2, 0.25) is 0 Å². The first-order valence-electron chi connectivity index (χ1n) is 9.84. The fourth-order valence-corrected chi connectivity index (χ4v) is 3.19. The van der Waals surface area contributed by atoms with Gasteiger partial charge in [-0.25, -0.2) is 0 Å². The van der Waals surface area contributed by atoms with Crippen LogP contribution in [0, 0.1) is 6.92 Å². The molecule has 0 aliphatic rings. The second kappa shape index (κ2) is 11.1. The van der Waals surface area contributed by atoms with Crippen molar-refractivity contribution in [3.05, 3.63) is 53.6 Å². The highest BCUT2D eigenvalue weighted by Crippen LogP contribution is 2.27. The Labute approximate surface area is 177 Å². The highest BCUT2D eigenvalue weighted by molar-refractivity contribution is 5.88. The molecule has 0 fully saturated rings. The van der Waals surface area contributed by atoms with Crippen LogP contribution in [0.25, 0.3) is 0 Å². The van der Waals surface area contributed by atoms with Gasteiger partial charge >= 0.3 is 0 Å². The summed E-state index contributed by atoms with van der Waals surface area (Å²) in [6, 6.07) is 12.4. The molecule has 7 nitrogen and oxygen atoms in total. The van der Waals surface area contributed by atoms with Gasteiger partial charge in [0.2, 0.25) is 5.91 Å². The number of methoxy groups -OCH3 is 2. The molecule has 0 aliphatic heterocycles. The van der Waals surface area contributed by atoms with Crippen LogP contribution in [0.15, 0.2) is 42.5 Å². The monoisotopic (exact) mass is 414 g/mol. The van der Waals surface area contributed by atoms with Crippen molar-refractivity contribution in [3.63, 3.8) is 0 Å². The number of benzene rings is 2. The first-order valence-corrected chi connectivity index (χ1v) is 9.84. The lowest BCUT2D eigenvalue weighted by atomic mass is 10.1. The van der Waals surface area contributed by atoms with Gasteiger partial charge in [-0.3, -0.25) is 9.59 Å². The van der Waals surface area contributed by atoms with E-state index in [0.29, 0.717) is 30.2 Å². The molecule has 0 saturated carbocycles. The van der Waals surface area contributed by atoms with E-state index in [1.165, 1.54) is 0 Å². The Bertz CT molecular complexity index is 846. The second-order valence-corrected chi connectivity index (χ2v) is 6.89. The van der Waals surface area contributed by atoms with Crippen molar-refractivity contribution in [1.82, 2.24) is 10.2 Å². The summed E-state index contributed by atoms with van der Waals surface area (Å²) in [5.41, 5.74) is 2.04. The van der Waals surface area contributed by atoms with Crippen LogP contribution in [0.4, 0.5) is 0 Å². The highest BCUT2D eigenvalue weighted by Gasteiger charge is 2.28. The molecular weight excluding hydrogens is 384 g/mol. The molecule has 2 amide bonds. The van der Waals surface area contributed by atoms with E-state index in [-0.39, 0.29) is 18.4 Å². The first-order chi connectivity index (χ1) is 14.4. The van der Waals surface area contributed by atoms with E-state index < -0.39 is 6.04 Å². The van der Waals surface area contributed by atoms with E-state index in [0.717, 1.165) is 11.1 Å². The number of aryl methyl sites for hydroxylation is 1. The van der Waals surface area contributed by atoms with Gasteiger partial charge in [0.05, 0.1) is 14.2 Å². The number of hydrogen-bond acceptors (Lipinski definition) is 5. The largest absolute Gasteiger partial charge is 0.496 e. The van der Waals surface area contributed by atoms with Crippen molar-refractivity contribution in [2.75, 3.05) is 27.9 Å². The van der Waals surface area contributed by atoms with Gasteiger partial charge < -0.3 is 24.4 Å². The summed E-state index contributed by atoms with van der Waals surface area (Å²) in [5, 5.41) is 2.65. The van der Waals surface area contributed by atoms with Gasteiger partial charge in [-0.05, 0) is 18.9 Å². The molecule has 2 rings (SSSR count). The molecule has 162 valence electrons. The second-order valence-electron chi connectivity index (χ2n) is 6.89. The number of rotatable bonds is 10. The van der Waals surface area contributed by atoms with Crippen molar-refractivity contribution < 1.29 is 23.8 Å². The number of hydrogen-bond donors (Lipinski definition) is 1. The molecule has 1 atom stereocenters. The molecule has 0 spiro atoms. The molecule has 1 N–H and O–H groups in total. The van der Waals surface area contributed by atoms with Crippen molar-refractivity contribution in [3.8, 4) is 17.2 Å². The lowest BCUT2D eigenvalue weighted by molar-refractivity contribution is -0.142. The van der Waals surface area contributed by atoms with Gasteiger partial charge in [-0.1, -0.05) is 36.8 Å². The third-order valence-electron chi connectivity index (χ3n) is 4.75. The van der Waals surface area contributed by atoms with Crippen LogP contribution < -0.4 is 19.5 Å². The molecule has 2 aromatic carbocycles. The number of nitrogens with zero attached hydrogens (tertiary/aromatic N) is 1. The van der Waals surface area contributed by atoms with Crippen LogP contribution in [-0.2, 0) is 16.1 Å². The molecule has 30 heavy (non-hydrogen) atoms. The van der Waals surface area contributed by atoms with E-state index in [1.54, 1.807) is 44.4 Å². The third kappa shape index (κ3) is 6.14. The minimum Gasteiger partial charge on any atom is -0.496 e. The van der Waals surface area contributed by atoms with Crippen molar-refractivity contribution in [1.29, 1.82) is 0 Å². The quantitative estimate of drug-likeness (QED) is 0.647. The molecular formula is C23H30N2O5. The Balaban J connectivity index is 2.22. The number of carbonyl (C=O) groups excluding carboxylic acids is 2. The summed E-state index contributed by atoms with van der Waals surface area (Å²) >= 11 is 0. The summed E-state index contributed by atoms with van der Waals surface area (Å²) in [4.78, 5) is 27.1. The van der Waals surface area contributed by atoms with E-state index in [9.17, 15) is 9.59 Å². The average molecular weight is 415 g/mol. The van der Waals surface area contributed by atoms with Crippen molar-refractivity contribution >= 4 is 11.8 Å². The molecule has 2 aromatic rings. The Morgan fingerprint density at radius 2 is 1.67 bits per heavy atom. The topological polar surface area (TPSA) is 77.1 Å². The van der Waals surface area contributed by atoms with Gasteiger partial charge in [0.15, 0.2) is 6.61 Å². The smallest absolute Gasteiger partial charge is 0.261 e. The Morgan fingerprint density at radius 1 is 1.03 bits per heavy atom. The summed E-state index contributed by atoms with van der Waals surface area (Å²) in [7, 11) is 4.66. The van der Waals surface area contributed by atoms with Crippen LogP contribution in [0.5, 0.6) is 17.2 Å². The average Bonchev–Trinajstić information content (AvgIpc) is 2.76. The number of amides is 2. The summed E-state index contributed by atoms with van der Waals surface area (Å²) in [6.45, 7) is 3.97. The fraction of sp³-hybridized carbons (Fsp3) is 0.391. The van der Waals surface area contributed by atoms with E-state index >= 15 is 0 Å². The van der Waals surface area contributed by atoms with Crippen LogP contribution in [0.3, 0.4) is 0 Å². The number of likely N-dealkylation sites (N-methyl/N-ethyl adjacent to an activating group) is 1. The van der Waals surface area contributed by atoms with E-state index in [2.05, 4.69) is 5.32 Å². The fourth-order valence-electron chi connectivity index (χ4n) is 3.19. The molecule has 0 heterocycles. The van der Waals surface area contributed by atoms with E-state index in [4.69, 9.17) is 14.2 Å². The lowest BCUT2D eigenvalue weighted by Gasteiger charge is -2.30. The van der Waals surface area contributed by atoms with E-state index in [1.807, 2.05) is 38.1 Å². The molecule has 0 unspecified atom stereocenters. The zero-order valence-corrected chi connectivity index (χ0v) is 18.2. The molecule has 7 heteroatoms. The maximum Gasteiger partial charge on any atom is 0.261 e. The molecule has 0 aromatic heterocycles. The van der Waals surface area contributed by atoms with Gasteiger partial charge in [0.1, 0.15) is 23.3 Å². The minimum absolute atomic E-state index is 0.207. The Morgan fingerprint density at radius 3 is 2.20 bits per heavy atom. The predicted molar refractivity (Wildman–Crippen MR) is 115 cm³/mol. The standard InChI is InChI=1S/C23H30N2O5/c1-6-21(23(27)24-3)25(14-17-9-7-8-16(2)10-17)22(26)15-30-20-12-18(28-4)11-19(13-20)29-5/h7-13,21H,6,14-15H2,1-5H3,(H,24,27)/t21-/m0/s1. The molecule has 0 saturated heterocycles. The number of carbonyl (C=O) groups is 2. The number of ether oxygens (including phenoxy) is 3. The Kier molecular flexibility index (Phi) is 8.53. The van der Waals surface area contributed by atoms with Crippen LogP contribution >= 0.6 is 0 Å². The van der Waals surface area contributed by atoms with Crippen LogP contribution in [-0.4, -0.2) is 50.6 Å². The third-order valence-corrected chi connectivity index (χ3v) is 4.75. The summed E-state index contributed by atoms with van der Waals surface area (Å²) in [5.74, 6) is 1.08. The first kappa shape index (κ1) is 23.1. The normalized spacial score (nSPS) is 11.4. The molecule has 0 aliphatic carbocycles. The Hall–Kier alpha value is -3.22. The van der Waals surface area contributed by atoms with Gasteiger partial charge in [-0.2, -0.15) is 0 Å². The van der Waals surface area contributed by atoms with Gasteiger partial charge in [-0.15, -0.1) is 0 Å².